The van der Waals surface area contributed by atoms with E-state index in [1.807, 2.05) is 0 Å². The summed E-state index contributed by atoms with van der Waals surface area (Å²) < 4.78 is 5.73. The Labute approximate surface area is 223 Å². The van der Waals surface area contributed by atoms with Gasteiger partial charge in [-0.15, -0.1) is 0 Å². The van der Waals surface area contributed by atoms with Crippen molar-refractivity contribution in [2.45, 2.75) is 0 Å². The van der Waals surface area contributed by atoms with Gasteiger partial charge in [0.25, 0.3) is 11.6 Å². The van der Waals surface area contributed by atoms with Crippen LogP contribution in [0.4, 0.5) is 16.2 Å². The maximum Gasteiger partial charge on any atom is 0.338 e. The molecule has 3 aromatic rings. The lowest BCUT2D eigenvalue weighted by Crippen LogP contribution is -2.46. The predicted molar refractivity (Wildman–Crippen MR) is 141 cm³/mol. The van der Waals surface area contributed by atoms with E-state index in [1.165, 1.54) is 24.3 Å². The third-order valence-corrected chi connectivity index (χ3v) is 6.56. The fraction of sp³-hybridized carbons (Fsp3) is 0. The summed E-state index contributed by atoms with van der Waals surface area (Å²) in [4.78, 5) is 39.5. The molecular weight excluding hydrogens is 549 g/mol. The van der Waals surface area contributed by atoms with E-state index in [0.29, 0.717) is 26.9 Å². The zero-order valence-corrected chi connectivity index (χ0v) is 21.0. The normalized spacial score (nSPS) is 14.2. The van der Waals surface area contributed by atoms with Crippen molar-refractivity contribution in [3.63, 3.8) is 0 Å². The van der Waals surface area contributed by atoms with Crippen LogP contribution in [0.25, 0.3) is 6.08 Å². The number of hydrazine groups is 1. The van der Waals surface area contributed by atoms with Crippen LogP contribution in [0.2, 0.25) is 10.0 Å². The van der Waals surface area contributed by atoms with Gasteiger partial charge >= 0.3 is 6.03 Å². The number of nitro groups is 1. The molecule has 182 valence electrons. The van der Waals surface area contributed by atoms with Crippen LogP contribution in [-0.4, -0.2) is 31.2 Å². The number of thioether (sulfide) groups is 1. The molecule has 4 rings (SSSR count). The maximum atomic E-state index is 12.8. The van der Waals surface area contributed by atoms with Gasteiger partial charge in [0.15, 0.2) is 4.32 Å². The van der Waals surface area contributed by atoms with Gasteiger partial charge in [0.2, 0.25) is 5.88 Å². The van der Waals surface area contributed by atoms with Crippen LogP contribution in [0.5, 0.6) is 11.6 Å². The van der Waals surface area contributed by atoms with Gasteiger partial charge in [-0.25, -0.2) is 15.2 Å². The zero-order chi connectivity index (χ0) is 25.8. The summed E-state index contributed by atoms with van der Waals surface area (Å²) in [6.45, 7) is 0. The molecule has 1 fully saturated rings. The third-order valence-electron chi connectivity index (χ3n) is 4.52. The van der Waals surface area contributed by atoms with Crippen molar-refractivity contribution in [2.24, 2.45) is 0 Å². The van der Waals surface area contributed by atoms with Crippen LogP contribution in [-0.2, 0) is 4.79 Å². The number of benzene rings is 2. The highest BCUT2D eigenvalue weighted by Crippen LogP contribution is 2.32. The zero-order valence-electron chi connectivity index (χ0n) is 17.8. The molecule has 1 aliphatic rings. The Kier molecular flexibility index (Phi) is 7.70. The number of halogens is 2. The van der Waals surface area contributed by atoms with Crippen LogP contribution >= 0.6 is 47.2 Å². The van der Waals surface area contributed by atoms with Crippen LogP contribution < -0.4 is 15.5 Å². The van der Waals surface area contributed by atoms with E-state index in [0.717, 1.165) is 23.0 Å². The van der Waals surface area contributed by atoms with Crippen molar-refractivity contribution in [2.75, 3.05) is 5.32 Å². The molecule has 14 heteroatoms. The van der Waals surface area contributed by atoms with Crippen LogP contribution in [0.1, 0.15) is 5.56 Å². The number of nitrogens with one attached hydrogen (secondary N) is 2. The van der Waals surface area contributed by atoms with Gasteiger partial charge < -0.3 is 10.1 Å². The minimum absolute atomic E-state index is 0.142. The molecule has 1 aromatic heterocycles. The number of anilines is 1. The molecule has 0 atom stereocenters. The molecule has 36 heavy (non-hydrogen) atoms. The summed E-state index contributed by atoms with van der Waals surface area (Å²) in [6, 6.07) is 13.3. The lowest BCUT2D eigenvalue weighted by Gasteiger charge is -2.16. The molecule has 10 nitrogen and oxygen atoms in total. The number of carbonyl (C=O) groups excluding carboxylic acids is 2. The second-order valence-electron chi connectivity index (χ2n) is 6.99. The fourth-order valence-electron chi connectivity index (χ4n) is 2.84. The maximum absolute atomic E-state index is 12.8. The van der Waals surface area contributed by atoms with Crippen LogP contribution in [0, 0.1) is 10.1 Å². The number of nitrogens with zero attached hydrogens (tertiary/aromatic N) is 3. The molecule has 0 bridgehead atoms. The Morgan fingerprint density at radius 2 is 1.89 bits per heavy atom. The number of ether oxygens (including phenoxy) is 1. The average molecular weight is 562 g/mol. The van der Waals surface area contributed by atoms with E-state index >= 15 is 0 Å². The largest absolute Gasteiger partial charge is 0.439 e. The second-order valence-corrected chi connectivity index (χ2v) is 9.48. The first kappa shape index (κ1) is 25.4. The monoisotopic (exact) mass is 561 g/mol. The topological polar surface area (TPSA) is 127 Å². The number of hydrogen-bond donors (Lipinski definition) is 2. The Morgan fingerprint density at radius 1 is 1.14 bits per heavy atom. The molecule has 0 unspecified atom stereocenters. The first-order valence-corrected chi connectivity index (χ1v) is 11.9. The predicted octanol–water partition coefficient (Wildman–Crippen LogP) is 6.03. The minimum atomic E-state index is -0.688. The highest BCUT2D eigenvalue weighted by atomic mass is 35.5. The Morgan fingerprint density at radius 3 is 2.53 bits per heavy atom. The van der Waals surface area contributed by atoms with Gasteiger partial charge in [-0.05, 0) is 54.2 Å². The van der Waals surface area contributed by atoms with E-state index in [1.54, 1.807) is 36.4 Å². The summed E-state index contributed by atoms with van der Waals surface area (Å²) in [5.41, 5.74) is 3.33. The fourth-order valence-corrected chi connectivity index (χ4v) is 4.32. The number of thiocarbonyl (C=S) groups is 1. The molecule has 1 aliphatic heterocycles. The summed E-state index contributed by atoms with van der Waals surface area (Å²) in [5.74, 6) is 0.144. The summed E-state index contributed by atoms with van der Waals surface area (Å²) in [5, 5.41) is 14.8. The van der Waals surface area contributed by atoms with E-state index in [-0.39, 0.29) is 20.9 Å². The molecule has 3 amide bonds. The molecule has 1 saturated heterocycles. The summed E-state index contributed by atoms with van der Waals surface area (Å²) >= 11 is 18.1. The number of pyridine rings is 1. The van der Waals surface area contributed by atoms with Crippen molar-refractivity contribution in [3.8, 4) is 11.6 Å². The standard InChI is InChI=1S/C22H13Cl2N5O5S2/c23-16-7-3-13(10-17(16)24)26-21(31)27-28-20(30)18(36-22(28)35)9-12-1-5-15(6-2-12)34-19-8-4-14(11-25-19)29(32)33/h1-11H,(H2,26,27,31)/b18-9-. The molecule has 2 aromatic carbocycles. The van der Waals surface area contributed by atoms with Gasteiger partial charge in [0.1, 0.15) is 11.9 Å². The average Bonchev–Trinajstić information content (AvgIpc) is 3.10. The number of urea groups is 1. The lowest BCUT2D eigenvalue weighted by molar-refractivity contribution is -0.385. The molecule has 0 saturated carbocycles. The summed E-state index contributed by atoms with van der Waals surface area (Å²) in [6.07, 6.45) is 2.72. The third kappa shape index (κ3) is 6.10. The van der Waals surface area contributed by atoms with Gasteiger partial charge in [0.05, 0.1) is 19.9 Å². The van der Waals surface area contributed by atoms with Crippen molar-refractivity contribution >= 4 is 80.9 Å². The van der Waals surface area contributed by atoms with E-state index < -0.39 is 16.9 Å². The van der Waals surface area contributed by atoms with Crippen molar-refractivity contribution in [1.82, 2.24) is 15.4 Å². The smallest absolute Gasteiger partial charge is 0.338 e. The number of rotatable bonds is 6. The Balaban J connectivity index is 1.38. The molecule has 2 N–H and O–H groups in total. The number of hydrogen-bond acceptors (Lipinski definition) is 8. The lowest BCUT2D eigenvalue weighted by atomic mass is 10.2. The second kappa shape index (κ2) is 10.9. The van der Waals surface area contributed by atoms with Gasteiger partial charge in [0, 0.05) is 17.8 Å². The first-order valence-electron chi connectivity index (χ1n) is 9.88. The van der Waals surface area contributed by atoms with Crippen molar-refractivity contribution < 1.29 is 19.2 Å². The van der Waals surface area contributed by atoms with Crippen LogP contribution in [0.15, 0.2) is 65.7 Å². The van der Waals surface area contributed by atoms with Crippen molar-refractivity contribution in [3.05, 3.63) is 91.4 Å². The quantitative estimate of drug-likeness (QED) is 0.162. The minimum Gasteiger partial charge on any atom is -0.439 e. The Bertz CT molecular complexity index is 1400. The molecule has 0 radical (unpaired) electrons. The summed E-state index contributed by atoms with van der Waals surface area (Å²) in [7, 11) is 0. The van der Waals surface area contributed by atoms with Gasteiger partial charge in [-0.3, -0.25) is 14.9 Å². The molecular formula is C22H13Cl2N5O5S2. The number of carbonyl (C=O) groups is 2. The molecule has 0 aliphatic carbocycles. The van der Waals surface area contributed by atoms with E-state index in [2.05, 4.69) is 15.7 Å². The SMILES string of the molecule is O=C(Nc1ccc(Cl)c(Cl)c1)NN1C(=O)/C(=C/c2ccc(Oc3ccc([N+](=O)[O-])cn3)cc2)SC1=S. The van der Waals surface area contributed by atoms with Crippen LogP contribution in [0.3, 0.4) is 0 Å². The first-order chi connectivity index (χ1) is 17.2. The highest BCUT2D eigenvalue weighted by molar-refractivity contribution is 8.26. The number of amides is 3. The molecule has 2 heterocycles. The highest BCUT2D eigenvalue weighted by Gasteiger charge is 2.33. The van der Waals surface area contributed by atoms with E-state index in [9.17, 15) is 19.7 Å². The van der Waals surface area contributed by atoms with Gasteiger partial charge in [-0.2, -0.15) is 5.01 Å². The van der Waals surface area contributed by atoms with Gasteiger partial charge in [-0.1, -0.05) is 47.1 Å². The molecule has 0 spiro atoms. The number of aromatic nitrogens is 1. The Hall–Kier alpha value is -3.71. The van der Waals surface area contributed by atoms with E-state index in [4.69, 9.17) is 40.2 Å². The van der Waals surface area contributed by atoms with Crippen molar-refractivity contribution in [1.29, 1.82) is 0 Å².